The first-order valence-corrected chi connectivity index (χ1v) is 7.84. The molecule has 0 aromatic heterocycles. The number of hydrogen-bond acceptors (Lipinski definition) is 2. The predicted octanol–water partition coefficient (Wildman–Crippen LogP) is 4.29. The Hall–Kier alpha value is -1.02. The van der Waals surface area contributed by atoms with E-state index >= 15 is 0 Å². The molecule has 106 valence electrons. The molecular formula is C17H27NO. The Morgan fingerprint density at radius 3 is 2.58 bits per heavy atom. The number of benzene rings is 1. The SMILES string of the molecule is CCCOc1ccccc1CNC1CCCCCC1. The number of hydrogen-bond donors (Lipinski definition) is 1. The van der Waals surface area contributed by atoms with E-state index in [4.69, 9.17) is 4.74 Å². The fourth-order valence-corrected chi connectivity index (χ4v) is 2.74. The number of para-hydroxylation sites is 1. The third-order valence-electron chi connectivity index (χ3n) is 3.87. The second kappa shape index (κ2) is 8.21. The Kier molecular flexibility index (Phi) is 6.22. The van der Waals surface area contributed by atoms with E-state index in [1.807, 2.05) is 0 Å². The monoisotopic (exact) mass is 261 g/mol. The molecule has 2 heteroatoms. The van der Waals surface area contributed by atoms with Gasteiger partial charge in [0.25, 0.3) is 0 Å². The van der Waals surface area contributed by atoms with Crippen LogP contribution in [-0.4, -0.2) is 12.6 Å². The van der Waals surface area contributed by atoms with Crippen LogP contribution in [0.5, 0.6) is 5.75 Å². The molecule has 1 N–H and O–H groups in total. The van der Waals surface area contributed by atoms with Gasteiger partial charge in [0, 0.05) is 18.2 Å². The van der Waals surface area contributed by atoms with Crippen molar-refractivity contribution in [2.24, 2.45) is 0 Å². The molecule has 0 radical (unpaired) electrons. The zero-order valence-electron chi connectivity index (χ0n) is 12.2. The van der Waals surface area contributed by atoms with Crippen molar-refractivity contribution in [3.05, 3.63) is 29.8 Å². The Bertz CT molecular complexity index is 356. The van der Waals surface area contributed by atoms with Crippen molar-refractivity contribution in [3.8, 4) is 5.75 Å². The van der Waals surface area contributed by atoms with E-state index in [0.29, 0.717) is 6.04 Å². The molecule has 0 atom stereocenters. The van der Waals surface area contributed by atoms with Gasteiger partial charge >= 0.3 is 0 Å². The Morgan fingerprint density at radius 1 is 1.11 bits per heavy atom. The van der Waals surface area contributed by atoms with Gasteiger partial charge in [-0.15, -0.1) is 0 Å². The van der Waals surface area contributed by atoms with Crippen LogP contribution in [0.4, 0.5) is 0 Å². The largest absolute Gasteiger partial charge is 0.493 e. The van der Waals surface area contributed by atoms with E-state index in [-0.39, 0.29) is 0 Å². The lowest BCUT2D eigenvalue weighted by molar-refractivity contribution is 0.312. The third kappa shape index (κ3) is 4.87. The molecule has 1 aromatic carbocycles. The third-order valence-corrected chi connectivity index (χ3v) is 3.87. The van der Waals surface area contributed by atoms with Gasteiger partial charge in [0.1, 0.15) is 5.75 Å². The highest BCUT2D eigenvalue weighted by Crippen LogP contribution is 2.21. The molecule has 19 heavy (non-hydrogen) atoms. The lowest BCUT2D eigenvalue weighted by atomic mass is 10.1. The number of rotatable bonds is 6. The normalized spacial score (nSPS) is 17.1. The summed E-state index contributed by atoms with van der Waals surface area (Å²) in [7, 11) is 0. The number of ether oxygens (including phenoxy) is 1. The first kappa shape index (κ1) is 14.4. The smallest absolute Gasteiger partial charge is 0.123 e. The molecule has 0 bridgehead atoms. The highest BCUT2D eigenvalue weighted by atomic mass is 16.5. The second-order valence-electron chi connectivity index (χ2n) is 5.53. The van der Waals surface area contributed by atoms with E-state index in [9.17, 15) is 0 Å². The average Bonchev–Trinajstić information content (AvgIpc) is 2.72. The molecule has 0 spiro atoms. The fourth-order valence-electron chi connectivity index (χ4n) is 2.74. The van der Waals surface area contributed by atoms with Gasteiger partial charge in [-0.3, -0.25) is 0 Å². The summed E-state index contributed by atoms with van der Waals surface area (Å²) in [6.45, 7) is 3.89. The summed E-state index contributed by atoms with van der Waals surface area (Å²) in [5.41, 5.74) is 1.29. The summed E-state index contributed by atoms with van der Waals surface area (Å²) in [6, 6.07) is 9.11. The lowest BCUT2D eigenvalue weighted by Crippen LogP contribution is -2.28. The van der Waals surface area contributed by atoms with Gasteiger partial charge in [-0.05, 0) is 25.3 Å². The van der Waals surface area contributed by atoms with E-state index in [2.05, 4.69) is 36.5 Å². The molecule has 0 amide bonds. The molecule has 1 fully saturated rings. The van der Waals surface area contributed by atoms with Crippen molar-refractivity contribution in [2.45, 2.75) is 64.5 Å². The van der Waals surface area contributed by atoms with E-state index in [0.717, 1.165) is 25.3 Å². The van der Waals surface area contributed by atoms with E-state index in [1.54, 1.807) is 0 Å². The van der Waals surface area contributed by atoms with Crippen molar-refractivity contribution >= 4 is 0 Å². The van der Waals surface area contributed by atoms with Crippen LogP contribution in [0.1, 0.15) is 57.4 Å². The molecule has 0 saturated heterocycles. The van der Waals surface area contributed by atoms with Gasteiger partial charge in [0.05, 0.1) is 6.61 Å². The maximum Gasteiger partial charge on any atom is 0.123 e. The Morgan fingerprint density at radius 2 is 1.84 bits per heavy atom. The van der Waals surface area contributed by atoms with Gasteiger partial charge in [-0.25, -0.2) is 0 Å². The van der Waals surface area contributed by atoms with Gasteiger partial charge < -0.3 is 10.1 Å². The van der Waals surface area contributed by atoms with Crippen molar-refractivity contribution < 1.29 is 4.74 Å². The van der Waals surface area contributed by atoms with Gasteiger partial charge in [-0.1, -0.05) is 50.8 Å². The first-order chi connectivity index (χ1) is 9.40. The first-order valence-electron chi connectivity index (χ1n) is 7.84. The van der Waals surface area contributed by atoms with Crippen LogP contribution in [0.25, 0.3) is 0 Å². The van der Waals surface area contributed by atoms with Crippen LogP contribution in [0, 0.1) is 0 Å². The van der Waals surface area contributed by atoms with Crippen LogP contribution in [-0.2, 0) is 6.54 Å². The average molecular weight is 261 g/mol. The standard InChI is InChI=1S/C17H27NO/c1-2-13-19-17-12-8-7-9-15(17)14-18-16-10-5-3-4-6-11-16/h7-9,12,16,18H,2-6,10-11,13-14H2,1H3. The van der Waals surface area contributed by atoms with Crippen LogP contribution in [0.15, 0.2) is 24.3 Å². The van der Waals surface area contributed by atoms with E-state index < -0.39 is 0 Å². The number of nitrogens with one attached hydrogen (secondary N) is 1. The summed E-state index contributed by atoms with van der Waals surface area (Å²) in [5.74, 6) is 1.05. The highest BCUT2D eigenvalue weighted by Gasteiger charge is 2.12. The van der Waals surface area contributed by atoms with Gasteiger partial charge in [0.2, 0.25) is 0 Å². The lowest BCUT2D eigenvalue weighted by Gasteiger charge is -2.18. The molecule has 2 rings (SSSR count). The zero-order valence-corrected chi connectivity index (χ0v) is 12.2. The van der Waals surface area contributed by atoms with E-state index in [1.165, 1.54) is 44.1 Å². The molecule has 0 unspecified atom stereocenters. The van der Waals surface area contributed by atoms with Gasteiger partial charge in [-0.2, -0.15) is 0 Å². The zero-order chi connectivity index (χ0) is 13.3. The maximum absolute atomic E-state index is 5.81. The summed E-state index contributed by atoms with van der Waals surface area (Å²) < 4.78 is 5.81. The van der Waals surface area contributed by atoms with Crippen LogP contribution in [0.2, 0.25) is 0 Å². The molecular weight excluding hydrogens is 234 g/mol. The highest BCUT2D eigenvalue weighted by molar-refractivity contribution is 5.33. The van der Waals surface area contributed by atoms with Crippen molar-refractivity contribution in [1.82, 2.24) is 5.32 Å². The molecule has 1 aliphatic rings. The van der Waals surface area contributed by atoms with Crippen molar-refractivity contribution in [2.75, 3.05) is 6.61 Å². The summed E-state index contributed by atoms with van der Waals surface area (Å²) in [6.07, 6.45) is 9.31. The van der Waals surface area contributed by atoms with Crippen LogP contribution >= 0.6 is 0 Å². The summed E-state index contributed by atoms with van der Waals surface area (Å²) in [4.78, 5) is 0. The minimum atomic E-state index is 0.696. The van der Waals surface area contributed by atoms with Gasteiger partial charge in [0.15, 0.2) is 0 Å². The minimum absolute atomic E-state index is 0.696. The topological polar surface area (TPSA) is 21.3 Å². The predicted molar refractivity (Wildman–Crippen MR) is 80.6 cm³/mol. The quantitative estimate of drug-likeness (QED) is 0.771. The van der Waals surface area contributed by atoms with Crippen molar-refractivity contribution in [1.29, 1.82) is 0 Å². The fraction of sp³-hybridized carbons (Fsp3) is 0.647. The molecule has 2 nitrogen and oxygen atoms in total. The van der Waals surface area contributed by atoms with Crippen LogP contribution < -0.4 is 10.1 Å². The van der Waals surface area contributed by atoms with Crippen molar-refractivity contribution in [3.63, 3.8) is 0 Å². The Balaban J connectivity index is 1.87. The summed E-state index contributed by atoms with van der Waals surface area (Å²) >= 11 is 0. The molecule has 1 aromatic rings. The molecule has 1 aliphatic carbocycles. The maximum atomic E-state index is 5.81. The Labute approximate surface area is 117 Å². The molecule has 0 aliphatic heterocycles. The minimum Gasteiger partial charge on any atom is -0.493 e. The summed E-state index contributed by atoms with van der Waals surface area (Å²) in [5, 5.41) is 3.71. The van der Waals surface area contributed by atoms with Crippen LogP contribution in [0.3, 0.4) is 0 Å². The molecule has 1 saturated carbocycles. The molecule has 0 heterocycles. The second-order valence-corrected chi connectivity index (χ2v) is 5.53.